The lowest BCUT2D eigenvalue weighted by atomic mass is 10.3. The molecule has 0 spiro atoms. The molecular weight excluding hydrogens is 232 g/mol. The number of nitrogens with zero attached hydrogens (tertiary/aromatic N) is 1. The third kappa shape index (κ3) is 3.43. The first kappa shape index (κ1) is 12.3. The predicted molar refractivity (Wildman–Crippen MR) is 61.9 cm³/mol. The van der Waals surface area contributed by atoms with Crippen molar-refractivity contribution in [1.82, 2.24) is 0 Å². The number of benzene rings is 1. The molecule has 16 heavy (non-hydrogen) atoms. The second kappa shape index (κ2) is 5.97. The maximum Gasteiger partial charge on any atom is 0.370 e. The van der Waals surface area contributed by atoms with Crippen LogP contribution in [0.25, 0.3) is 0 Å². The third-order valence-corrected chi connectivity index (χ3v) is 1.95. The van der Waals surface area contributed by atoms with Gasteiger partial charge in [0.25, 0.3) is 0 Å². The zero-order valence-electron chi connectivity index (χ0n) is 8.86. The van der Waals surface area contributed by atoms with Crippen molar-refractivity contribution in [1.29, 1.82) is 0 Å². The average molecular weight is 243 g/mol. The summed E-state index contributed by atoms with van der Waals surface area (Å²) < 4.78 is 9.40. The number of esters is 1. The van der Waals surface area contributed by atoms with Crippen LogP contribution in [-0.4, -0.2) is 25.4 Å². The highest BCUT2D eigenvalue weighted by molar-refractivity contribution is 6.82. The standard InChI is InChI=1S/C10H11ClN2O3/c1-15-8-5-3-4-7(6-8)12-13-9(11)10(14)16-2/h3-6,12H,1-2H3. The largest absolute Gasteiger partial charge is 0.497 e. The van der Waals surface area contributed by atoms with Crippen molar-refractivity contribution in [3.05, 3.63) is 24.3 Å². The van der Waals surface area contributed by atoms with E-state index < -0.39 is 5.97 Å². The maximum atomic E-state index is 10.9. The van der Waals surface area contributed by atoms with Gasteiger partial charge in [0.1, 0.15) is 5.75 Å². The molecule has 5 nitrogen and oxygen atoms in total. The zero-order valence-corrected chi connectivity index (χ0v) is 9.62. The van der Waals surface area contributed by atoms with Gasteiger partial charge in [-0.1, -0.05) is 17.7 Å². The highest BCUT2D eigenvalue weighted by Gasteiger charge is 2.07. The first-order valence-electron chi connectivity index (χ1n) is 4.39. The van der Waals surface area contributed by atoms with E-state index in [4.69, 9.17) is 16.3 Å². The van der Waals surface area contributed by atoms with Crippen molar-refractivity contribution >= 4 is 28.4 Å². The highest BCUT2D eigenvalue weighted by atomic mass is 35.5. The number of hydrazone groups is 1. The zero-order chi connectivity index (χ0) is 12.0. The number of carbonyl (C=O) groups is 1. The van der Waals surface area contributed by atoms with Crippen LogP contribution in [0.1, 0.15) is 0 Å². The Labute approximate surface area is 98.0 Å². The van der Waals surface area contributed by atoms with E-state index in [9.17, 15) is 4.79 Å². The molecule has 0 radical (unpaired) electrons. The summed E-state index contributed by atoms with van der Waals surface area (Å²) in [6.45, 7) is 0. The van der Waals surface area contributed by atoms with Crippen molar-refractivity contribution in [2.45, 2.75) is 0 Å². The summed E-state index contributed by atoms with van der Waals surface area (Å²) in [5.74, 6) is -0.0218. The normalized spacial score (nSPS) is 10.8. The number of hydrogen-bond donors (Lipinski definition) is 1. The summed E-state index contributed by atoms with van der Waals surface area (Å²) >= 11 is 5.54. The van der Waals surface area contributed by atoms with Crippen molar-refractivity contribution < 1.29 is 14.3 Å². The Bertz CT molecular complexity index is 407. The topological polar surface area (TPSA) is 59.9 Å². The Kier molecular flexibility index (Phi) is 4.60. The van der Waals surface area contributed by atoms with Crippen LogP contribution in [0.4, 0.5) is 5.69 Å². The molecule has 0 aliphatic carbocycles. The summed E-state index contributed by atoms with van der Waals surface area (Å²) in [6.07, 6.45) is 0. The SMILES string of the molecule is COC(=O)C(Cl)=NNc1cccc(OC)c1. The van der Waals surface area contributed by atoms with Crippen molar-refractivity contribution in [3.63, 3.8) is 0 Å². The average Bonchev–Trinajstić information content (AvgIpc) is 2.35. The fourth-order valence-electron chi connectivity index (χ4n) is 0.936. The molecule has 0 fully saturated rings. The Morgan fingerprint density at radius 2 is 2.19 bits per heavy atom. The molecule has 1 N–H and O–H groups in total. The van der Waals surface area contributed by atoms with Crippen LogP contribution in [-0.2, 0) is 9.53 Å². The van der Waals surface area contributed by atoms with E-state index in [1.165, 1.54) is 7.11 Å². The molecule has 0 saturated carbocycles. The lowest BCUT2D eigenvalue weighted by Gasteiger charge is -2.03. The summed E-state index contributed by atoms with van der Waals surface area (Å²) in [4.78, 5) is 10.9. The molecule has 0 aromatic heterocycles. The molecule has 6 heteroatoms. The van der Waals surface area contributed by atoms with Crippen LogP contribution in [0.15, 0.2) is 29.4 Å². The van der Waals surface area contributed by atoms with E-state index in [-0.39, 0.29) is 5.17 Å². The second-order valence-electron chi connectivity index (χ2n) is 2.74. The number of nitrogens with one attached hydrogen (secondary N) is 1. The van der Waals surface area contributed by atoms with E-state index in [0.717, 1.165) is 0 Å². The molecule has 0 aliphatic rings. The van der Waals surface area contributed by atoms with Gasteiger partial charge in [0, 0.05) is 6.07 Å². The van der Waals surface area contributed by atoms with Crippen molar-refractivity contribution in [2.24, 2.45) is 5.10 Å². The number of rotatable bonds is 4. The van der Waals surface area contributed by atoms with Crippen LogP contribution in [0.5, 0.6) is 5.75 Å². The molecule has 1 rings (SSSR count). The summed E-state index contributed by atoms with van der Waals surface area (Å²) in [5.41, 5.74) is 3.26. The van der Waals surface area contributed by atoms with E-state index >= 15 is 0 Å². The fraction of sp³-hybridized carbons (Fsp3) is 0.200. The van der Waals surface area contributed by atoms with Crippen LogP contribution in [0.3, 0.4) is 0 Å². The van der Waals surface area contributed by atoms with E-state index in [2.05, 4.69) is 15.3 Å². The van der Waals surface area contributed by atoms with Crippen LogP contribution in [0, 0.1) is 0 Å². The number of carbonyl (C=O) groups excluding carboxylic acids is 1. The van der Waals surface area contributed by atoms with Gasteiger partial charge >= 0.3 is 5.97 Å². The monoisotopic (exact) mass is 242 g/mol. The lowest BCUT2D eigenvalue weighted by molar-refractivity contribution is -0.132. The first-order valence-corrected chi connectivity index (χ1v) is 4.76. The van der Waals surface area contributed by atoms with Gasteiger partial charge in [-0.3, -0.25) is 5.43 Å². The molecule has 1 aromatic rings. The molecule has 1 aromatic carbocycles. The minimum absolute atomic E-state index is 0.273. The Morgan fingerprint density at radius 3 is 2.81 bits per heavy atom. The smallest absolute Gasteiger partial charge is 0.370 e. The minimum Gasteiger partial charge on any atom is -0.497 e. The molecule has 0 aliphatic heterocycles. The first-order chi connectivity index (χ1) is 7.67. The summed E-state index contributed by atoms with van der Waals surface area (Å²) in [6, 6.07) is 7.04. The molecule has 0 bridgehead atoms. The van der Waals surface area contributed by atoms with Gasteiger partial charge in [-0.25, -0.2) is 4.79 Å². The van der Waals surface area contributed by atoms with Crippen LogP contribution in [0.2, 0.25) is 0 Å². The third-order valence-electron chi connectivity index (χ3n) is 1.71. The van der Waals surface area contributed by atoms with Gasteiger partial charge in [0.15, 0.2) is 0 Å². The molecule has 0 heterocycles. The number of halogens is 1. The predicted octanol–water partition coefficient (Wildman–Crippen LogP) is 1.83. The number of anilines is 1. The van der Waals surface area contributed by atoms with E-state index in [1.54, 1.807) is 31.4 Å². The molecule has 0 atom stereocenters. The maximum absolute atomic E-state index is 10.9. The molecule has 86 valence electrons. The molecular formula is C10H11ClN2O3. The van der Waals surface area contributed by atoms with Gasteiger partial charge in [0.2, 0.25) is 5.17 Å². The Hall–Kier alpha value is -1.75. The number of ether oxygens (including phenoxy) is 2. The lowest BCUT2D eigenvalue weighted by Crippen LogP contribution is -2.11. The number of hydrogen-bond acceptors (Lipinski definition) is 5. The highest BCUT2D eigenvalue weighted by Crippen LogP contribution is 2.16. The Morgan fingerprint density at radius 1 is 1.44 bits per heavy atom. The molecule has 0 saturated heterocycles. The minimum atomic E-state index is -0.697. The molecule has 0 amide bonds. The summed E-state index contributed by atoms with van der Waals surface area (Å²) in [7, 11) is 2.79. The fourth-order valence-corrected chi connectivity index (χ4v) is 1.06. The second-order valence-corrected chi connectivity index (χ2v) is 3.10. The van der Waals surface area contributed by atoms with Crippen molar-refractivity contribution in [2.75, 3.05) is 19.6 Å². The Balaban J connectivity index is 2.70. The number of methoxy groups -OCH3 is 2. The van der Waals surface area contributed by atoms with E-state index in [0.29, 0.717) is 11.4 Å². The van der Waals surface area contributed by atoms with E-state index in [1.807, 2.05) is 0 Å². The molecule has 0 unspecified atom stereocenters. The van der Waals surface area contributed by atoms with Gasteiger partial charge < -0.3 is 9.47 Å². The van der Waals surface area contributed by atoms with Crippen LogP contribution >= 0.6 is 11.6 Å². The van der Waals surface area contributed by atoms with Gasteiger partial charge in [-0.05, 0) is 12.1 Å². The van der Waals surface area contributed by atoms with Gasteiger partial charge in [0.05, 0.1) is 19.9 Å². The summed E-state index contributed by atoms with van der Waals surface area (Å²) in [5, 5.41) is 3.37. The quantitative estimate of drug-likeness (QED) is 0.497. The van der Waals surface area contributed by atoms with Gasteiger partial charge in [-0.2, -0.15) is 5.10 Å². The van der Waals surface area contributed by atoms with Gasteiger partial charge in [-0.15, -0.1) is 0 Å². The van der Waals surface area contributed by atoms with Crippen molar-refractivity contribution in [3.8, 4) is 5.75 Å². The van der Waals surface area contributed by atoms with Crippen LogP contribution < -0.4 is 10.2 Å².